The van der Waals surface area contributed by atoms with Gasteiger partial charge in [-0.05, 0) is 11.1 Å². The number of carbonyl (C=O) groups excluding carboxylic acids is 1. The van der Waals surface area contributed by atoms with Gasteiger partial charge in [0.15, 0.2) is 12.6 Å². The van der Waals surface area contributed by atoms with Crippen molar-refractivity contribution in [3.8, 4) is 0 Å². The average molecular weight is 346 g/mol. The van der Waals surface area contributed by atoms with Crippen molar-refractivity contribution in [3.63, 3.8) is 0 Å². The zero-order valence-electron chi connectivity index (χ0n) is 14.1. The Balaban J connectivity index is 1.81. The minimum Gasteiger partial charge on any atom is -0.319 e. The van der Waals surface area contributed by atoms with Gasteiger partial charge in [0, 0.05) is 11.1 Å². The van der Waals surface area contributed by atoms with Crippen molar-refractivity contribution in [2.24, 2.45) is 0 Å². The lowest BCUT2D eigenvalue weighted by molar-refractivity contribution is -0.279. The van der Waals surface area contributed by atoms with E-state index in [1.165, 1.54) is 0 Å². The highest BCUT2D eigenvalue weighted by Gasteiger charge is 2.33. The molecule has 4 rings (SSSR count). The molecule has 3 aromatic carbocycles. The Morgan fingerprint density at radius 1 is 0.846 bits per heavy atom. The maximum atomic E-state index is 13.1. The van der Waals surface area contributed by atoms with Crippen molar-refractivity contribution in [2.75, 3.05) is 6.79 Å². The summed E-state index contributed by atoms with van der Waals surface area (Å²) in [4.78, 5) is 23.4. The van der Waals surface area contributed by atoms with E-state index in [0.717, 1.165) is 11.1 Å². The topological polar surface area (TPSA) is 44.8 Å². The van der Waals surface area contributed by atoms with Crippen LogP contribution < -0.4 is 0 Å². The highest BCUT2D eigenvalue weighted by Crippen LogP contribution is 2.35. The molecule has 0 N–H and O–H groups in total. The monoisotopic (exact) mass is 346 g/mol. The van der Waals surface area contributed by atoms with Crippen LogP contribution in [0.1, 0.15) is 33.0 Å². The second kappa shape index (κ2) is 7.62. The van der Waals surface area contributed by atoms with Gasteiger partial charge >= 0.3 is 0 Å². The van der Waals surface area contributed by atoms with Gasteiger partial charge in [-0.3, -0.25) is 4.79 Å². The molecule has 0 bridgehead atoms. The van der Waals surface area contributed by atoms with Gasteiger partial charge in [0.1, 0.15) is 0 Å². The van der Waals surface area contributed by atoms with Crippen molar-refractivity contribution >= 4 is 5.78 Å². The molecule has 4 nitrogen and oxygen atoms in total. The molecule has 4 heteroatoms. The zero-order chi connectivity index (χ0) is 17.8. The molecule has 2 unspecified atom stereocenters. The third kappa shape index (κ3) is 3.30. The normalized spacial score (nSPS) is 17.8. The van der Waals surface area contributed by atoms with Crippen LogP contribution in [-0.2, 0) is 14.5 Å². The quantitative estimate of drug-likeness (QED) is 0.510. The molecule has 1 fully saturated rings. The van der Waals surface area contributed by atoms with Gasteiger partial charge in [0.25, 0.3) is 0 Å². The molecule has 26 heavy (non-hydrogen) atoms. The average Bonchev–Trinajstić information content (AvgIpc) is 3.24. The number of ether oxygens (including phenoxy) is 1. The number of carbonyl (C=O) groups is 1. The lowest BCUT2D eigenvalue weighted by atomic mass is 9.85. The van der Waals surface area contributed by atoms with Crippen LogP contribution in [0.3, 0.4) is 0 Å². The Morgan fingerprint density at radius 3 is 2.19 bits per heavy atom. The highest BCUT2D eigenvalue weighted by atomic mass is 17.3. The number of hydrogen-bond donors (Lipinski definition) is 0. The number of benzene rings is 3. The first-order valence-electron chi connectivity index (χ1n) is 8.48. The minimum absolute atomic E-state index is 0.0268. The second-order valence-electron chi connectivity index (χ2n) is 6.04. The first kappa shape index (κ1) is 16.7. The summed E-state index contributed by atoms with van der Waals surface area (Å²) in [5.74, 6) is -0.302. The second-order valence-corrected chi connectivity index (χ2v) is 6.04. The summed E-state index contributed by atoms with van der Waals surface area (Å²) in [6, 6.07) is 26.7. The molecule has 0 spiro atoms. The highest BCUT2D eigenvalue weighted by molar-refractivity contribution is 6.10. The van der Waals surface area contributed by atoms with Crippen LogP contribution in [0.15, 0.2) is 84.9 Å². The lowest BCUT2D eigenvalue weighted by Crippen LogP contribution is -2.23. The van der Waals surface area contributed by atoms with Crippen LogP contribution in [0, 0.1) is 0 Å². The summed E-state index contributed by atoms with van der Waals surface area (Å²) >= 11 is 0. The predicted octanol–water partition coefficient (Wildman–Crippen LogP) is 4.31. The van der Waals surface area contributed by atoms with Crippen molar-refractivity contribution in [1.82, 2.24) is 0 Å². The molecule has 2 atom stereocenters. The van der Waals surface area contributed by atoms with Crippen LogP contribution in [0.2, 0.25) is 0 Å². The molecule has 0 radical (unpaired) electrons. The van der Waals surface area contributed by atoms with Gasteiger partial charge < -0.3 is 4.74 Å². The molecule has 1 saturated heterocycles. The predicted molar refractivity (Wildman–Crippen MR) is 96.5 cm³/mol. The smallest absolute Gasteiger partial charge is 0.204 e. The van der Waals surface area contributed by atoms with E-state index in [0.29, 0.717) is 11.1 Å². The van der Waals surface area contributed by atoms with E-state index in [-0.39, 0.29) is 18.5 Å². The van der Waals surface area contributed by atoms with Gasteiger partial charge in [0.05, 0.1) is 5.92 Å². The summed E-state index contributed by atoms with van der Waals surface area (Å²) in [5.41, 5.74) is 3.13. The lowest BCUT2D eigenvalue weighted by Gasteiger charge is -2.23. The van der Waals surface area contributed by atoms with E-state index in [4.69, 9.17) is 14.5 Å². The number of rotatable bonds is 5. The molecule has 130 valence electrons. The standard InChI is InChI=1S/C22H18O4/c23-21(17-11-5-2-6-12-17)19-14-8-7-13-18(19)20(22-24-15-25-26-22)16-9-3-1-4-10-16/h1-14,20,22H,15H2. The summed E-state index contributed by atoms with van der Waals surface area (Å²) < 4.78 is 5.61. The van der Waals surface area contributed by atoms with Gasteiger partial charge in [-0.25, -0.2) is 9.78 Å². The number of hydrogen-bond acceptors (Lipinski definition) is 4. The van der Waals surface area contributed by atoms with Gasteiger partial charge in [-0.2, -0.15) is 0 Å². The zero-order valence-corrected chi connectivity index (χ0v) is 14.1. The Bertz CT molecular complexity index is 871. The SMILES string of the molecule is O=C(c1ccccc1)c1ccccc1C(c1ccccc1)C1OCOO1. The van der Waals surface area contributed by atoms with Gasteiger partial charge in [0.2, 0.25) is 6.29 Å². The molecule has 3 aromatic rings. The Kier molecular flexibility index (Phi) is 4.88. The third-order valence-electron chi connectivity index (χ3n) is 4.45. The fourth-order valence-electron chi connectivity index (χ4n) is 3.23. The maximum Gasteiger partial charge on any atom is 0.204 e. The van der Waals surface area contributed by atoms with E-state index in [1.54, 1.807) is 0 Å². The molecular formula is C22H18O4. The first-order valence-corrected chi connectivity index (χ1v) is 8.48. The van der Waals surface area contributed by atoms with Crippen molar-refractivity contribution in [3.05, 3.63) is 107 Å². The van der Waals surface area contributed by atoms with Crippen LogP contribution in [-0.4, -0.2) is 18.9 Å². The van der Waals surface area contributed by atoms with Crippen LogP contribution in [0.5, 0.6) is 0 Å². The van der Waals surface area contributed by atoms with Crippen LogP contribution in [0.4, 0.5) is 0 Å². The molecule has 1 aliphatic heterocycles. The Morgan fingerprint density at radius 2 is 1.50 bits per heavy atom. The van der Waals surface area contributed by atoms with Crippen molar-refractivity contribution in [1.29, 1.82) is 0 Å². The molecule has 1 aliphatic rings. The molecule has 0 aliphatic carbocycles. The Hall–Kier alpha value is -2.79. The van der Waals surface area contributed by atoms with Crippen LogP contribution in [0.25, 0.3) is 0 Å². The maximum absolute atomic E-state index is 13.1. The molecule has 1 heterocycles. The third-order valence-corrected chi connectivity index (χ3v) is 4.45. The summed E-state index contributed by atoms with van der Waals surface area (Å²) in [6.45, 7) is 0.0722. The van der Waals surface area contributed by atoms with E-state index in [9.17, 15) is 4.79 Å². The summed E-state index contributed by atoms with van der Waals surface area (Å²) in [5, 5.41) is 0. The van der Waals surface area contributed by atoms with Gasteiger partial charge in [-0.1, -0.05) is 84.9 Å². The van der Waals surface area contributed by atoms with E-state index in [1.807, 2.05) is 84.9 Å². The van der Waals surface area contributed by atoms with E-state index < -0.39 is 6.29 Å². The largest absolute Gasteiger partial charge is 0.319 e. The van der Waals surface area contributed by atoms with E-state index >= 15 is 0 Å². The molecule has 0 amide bonds. The molecule has 0 aromatic heterocycles. The molecular weight excluding hydrogens is 328 g/mol. The number of ketones is 1. The van der Waals surface area contributed by atoms with E-state index in [2.05, 4.69) is 0 Å². The van der Waals surface area contributed by atoms with Crippen molar-refractivity contribution in [2.45, 2.75) is 12.2 Å². The van der Waals surface area contributed by atoms with Gasteiger partial charge in [-0.15, -0.1) is 0 Å². The fraction of sp³-hybridized carbons (Fsp3) is 0.136. The van der Waals surface area contributed by atoms with Crippen LogP contribution >= 0.6 is 0 Å². The fourth-order valence-corrected chi connectivity index (χ4v) is 3.23. The minimum atomic E-state index is -0.609. The molecule has 0 saturated carbocycles. The summed E-state index contributed by atoms with van der Waals surface area (Å²) in [6.07, 6.45) is -0.609. The van der Waals surface area contributed by atoms with Crippen molar-refractivity contribution < 1.29 is 19.3 Å². The Labute approximate surface area is 151 Å². The first-order chi connectivity index (χ1) is 12.8. The summed E-state index contributed by atoms with van der Waals surface area (Å²) in [7, 11) is 0.